The molecule has 1 aromatic rings. The van der Waals surface area contributed by atoms with Crippen LogP contribution in [0, 0.1) is 5.92 Å². The lowest BCUT2D eigenvalue weighted by atomic mass is 10.2. The van der Waals surface area contributed by atoms with Crippen LogP contribution in [0.5, 0.6) is 0 Å². The molecule has 1 saturated carbocycles. The Balaban J connectivity index is 1.59. The van der Waals surface area contributed by atoms with E-state index in [1.54, 1.807) is 0 Å². The Bertz CT molecular complexity index is 516. The van der Waals surface area contributed by atoms with Gasteiger partial charge in [0.05, 0.1) is 13.2 Å². The van der Waals surface area contributed by atoms with E-state index in [9.17, 15) is 0 Å². The highest BCUT2D eigenvalue weighted by atomic mass is 16.5. The average Bonchev–Trinajstić information content (AvgIpc) is 3.47. The summed E-state index contributed by atoms with van der Waals surface area (Å²) in [5.41, 5.74) is 1.22. The summed E-state index contributed by atoms with van der Waals surface area (Å²) in [5, 5.41) is 6.82. The first-order chi connectivity index (χ1) is 12.1. The number of nitrogens with zero attached hydrogens (tertiary/aromatic N) is 2. The normalized spacial score (nSPS) is 17.4. The van der Waals surface area contributed by atoms with Gasteiger partial charge in [0.15, 0.2) is 5.96 Å². The quantitative estimate of drug-likeness (QED) is 0.505. The molecule has 0 aliphatic heterocycles. The molecule has 1 fully saturated rings. The molecule has 0 aromatic heterocycles. The fourth-order valence-corrected chi connectivity index (χ4v) is 2.73. The lowest BCUT2D eigenvalue weighted by Gasteiger charge is -2.25. The Hall–Kier alpha value is -1.59. The second kappa shape index (κ2) is 10.4. The first kappa shape index (κ1) is 19.7. The van der Waals surface area contributed by atoms with Crippen LogP contribution >= 0.6 is 0 Å². The van der Waals surface area contributed by atoms with E-state index in [1.807, 2.05) is 25.2 Å². The molecule has 2 unspecified atom stereocenters. The summed E-state index contributed by atoms with van der Waals surface area (Å²) in [6.07, 6.45) is 2.68. The topological polar surface area (TPSA) is 48.9 Å². The third kappa shape index (κ3) is 7.45. The molecular formula is C20H34N4O. The molecule has 0 saturated heterocycles. The minimum atomic E-state index is 0.425. The molecule has 1 aromatic carbocycles. The zero-order valence-corrected chi connectivity index (χ0v) is 16.2. The molecule has 5 heteroatoms. The van der Waals surface area contributed by atoms with Gasteiger partial charge in [-0.25, -0.2) is 0 Å². The Labute approximate surface area is 152 Å². The van der Waals surface area contributed by atoms with Crippen molar-refractivity contribution in [1.82, 2.24) is 15.5 Å². The maximum atomic E-state index is 5.80. The Morgan fingerprint density at radius 1 is 1.20 bits per heavy atom. The number of rotatable bonds is 10. The van der Waals surface area contributed by atoms with Gasteiger partial charge in [0.1, 0.15) is 0 Å². The van der Waals surface area contributed by atoms with Crippen LogP contribution in [0.15, 0.2) is 35.3 Å². The van der Waals surface area contributed by atoms with Crippen molar-refractivity contribution >= 4 is 5.96 Å². The Morgan fingerprint density at radius 2 is 1.88 bits per heavy atom. The maximum Gasteiger partial charge on any atom is 0.191 e. The van der Waals surface area contributed by atoms with E-state index in [0.717, 1.165) is 31.7 Å². The van der Waals surface area contributed by atoms with Gasteiger partial charge in [-0.05, 0) is 38.3 Å². The molecule has 0 heterocycles. The number of likely N-dealkylation sites (N-methyl/N-ethyl adjacent to an activating group) is 1. The van der Waals surface area contributed by atoms with E-state index in [1.165, 1.54) is 18.4 Å². The second-order valence-electron chi connectivity index (χ2n) is 7.19. The number of ether oxygens (including phenoxy) is 1. The van der Waals surface area contributed by atoms with Crippen molar-refractivity contribution < 1.29 is 4.74 Å². The summed E-state index contributed by atoms with van der Waals surface area (Å²) >= 11 is 0. The Morgan fingerprint density at radius 3 is 2.52 bits per heavy atom. The van der Waals surface area contributed by atoms with Crippen LogP contribution in [0.4, 0.5) is 0 Å². The van der Waals surface area contributed by atoms with Crippen molar-refractivity contribution in [3.63, 3.8) is 0 Å². The number of benzene rings is 1. The summed E-state index contributed by atoms with van der Waals surface area (Å²) in [5.74, 6) is 1.29. The lowest BCUT2D eigenvalue weighted by Crippen LogP contribution is -2.46. The minimum Gasteiger partial charge on any atom is -0.376 e. The van der Waals surface area contributed by atoms with E-state index in [2.05, 4.69) is 53.6 Å². The first-order valence-electron chi connectivity index (χ1n) is 9.38. The standard InChI is InChI=1S/C20H34N4O/c1-16(14-25-15-18-8-6-5-7-9-18)12-22-20(21-3)23-13-17(2)24(4)19-10-11-19/h5-9,16-17,19H,10-15H2,1-4H3,(H2,21,22,23). The van der Waals surface area contributed by atoms with Gasteiger partial charge < -0.3 is 15.4 Å². The molecular weight excluding hydrogens is 312 g/mol. The van der Waals surface area contributed by atoms with Crippen LogP contribution in [0.1, 0.15) is 32.3 Å². The molecule has 2 rings (SSSR count). The van der Waals surface area contributed by atoms with E-state index in [0.29, 0.717) is 18.6 Å². The lowest BCUT2D eigenvalue weighted by molar-refractivity contribution is 0.0931. The van der Waals surface area contributed by atoms with Gasteiger partial charge in [0, 0.05) is 32.2 Å². The van der Waals surface area contributed by atoms with Crippen molar-refractivity contribution in [2.75, 3.05) is 33.8 Å². The van der Waals surface area contributed by atoms with Crippen molar-refractivity contribution in [1.29, 1.82) is 0 Å². The van der Waals surface area contributed by atoms with E-state index in [-0.39, 0.29) is 0 Å². The SMILES string of the molecule is CN=C(NCC(C)COCc1ccccc1)NCC(C)N(C)C1CC1. The fourth-order valence-electron chi connectivity index (χ4n) is 2.73. The van der Waals surface area contributed by atoms with Gasteiger partial charge in [0.2, 0.25) is 0 Å². The van der Waals surface area contributed by atoms with E-state index < -0.39 is 0 Å². The predicted molar refractivity (Wildman–Crippen MR) is 105 cm³/mol. The highest BCUT2D eigenvalue weighted by Gasteiger charge is 2.28. The predicted octanol–water partition coefficient (Wildman–Crippen LogP) is 2.49. The molecule has 1 aliphatic carbocycles. The van der Waals surface area contributed by atoms with Gasteiger partial charge in [-0.2, -0.15) is 0 Å². The summed E-state index contributed by atoms with van der Waals surface area (Å²) < 4.78 is 5.80. The Kier molecular flexibility index (Phi) is 8.22. The van der Waals surface area contributed by atoms with Gasteiger partial charge in [0.25, 0.3) is 0 Å². The third-order valence-electron chi connectivity index (χ3n) is 4.74. The highest BCUT2D eigenvalue weighted by molar-refractivity contribution is 5.79. The van der Waals surface area contributed by atoms with Crippen molar-refractivity contribution in [2.24, 2.45) is 10.9 Å². The molecule has 0 amide bonds. The van der Waals surface area contributed by atoms with Crippen LogP contribution in [-0.4, -0.2) is 56.7 Å². The molecule has 0 bridgehead atoms. The molecule has 2 atom stereocenters. The number of hydrogen-bond donors (Lipinski definition) is 2. The number of hydrogen-bond acceptors (Lipinski definition) is 3. The third-order valence-corrected chi connectivity index (χ3v) is 4.74. The van der Waals surface area contributed by atoms with E-state index in [4.69, 9.17) is 4.74 Å². The van der Waals surface area contributed by atoms with E-state index >= 15 is 0 Å². The van der Waals surface area contributed by atoms with Crippen molar-refractivity contribution in [3.8, 4) is 0 Å². The monoisotopic (exact) mass is 346 g/mol. The van der Waals surface area contributed by atoms with Crippen LogP contribution in [0.3, 0.4) is 0 Å². The van der Waals surface area contributed by atoms with Crippen LogP contribution in [-0.2, 0) is 11.3 Å². The van der Waals surface area contributed by atoms with Gasteiger partial charge in [-0.15, -0.1) is 0 Å². The zero-order chi connectivity index (χ0) is 18.1. The largest absolute Gasteiger partial charge is 0.376 e. The number of guanidine groups is 1. The molecule has 0 spiro atoms. The first-order valence-corrected chi connectivity index (χ1v) is 9.38. The minimum absolute atomic E-state index is 0.425. The average molecular weight is 347 g/mol. The smallest absolute Gasteiger partial charge is 0.191 e. The summed E-state index contributed by atoms with van der Waals surface area (Å²) in [6.45, 7) is 7.61. The highest BCUT2D eigenvalue weighted by Crippen LogP contribution is 2.26. The van der Waals surface area contributed by atoms with Crippen LogP contribution in [0.25, 0.3) is 0 Å². The molecule has 25 heavy (non-hydrogen) atoms. The molecule has 2 N–H and O–H groups in total. The van der Waals surface area contributed by atoms with Gasteiger partial charge >= 0.3 is 0 Å². The fraction of sp³-hybridized carbons (Fsp3) is 0.650. The second-order valence-corrected chi connectivity index (χ2v) is 7.19. The van der Waals surface area contributed by atoms with Crippen molar-refractivity contribution in [3.05, 3.63) is 35.9 Å². The van der Waals surface area contributed by atoms with Crippen LogP contribution < -0.4 is 10.6 Å². The number of nitrogens with one attached hydrogen (secondary N) is 2. The van der Waals surface area contributed by atoms with Gasteiger partial charge in [-0.1, -0.05) is 37.3 Å². The van der Waals surface area contributed by atoms with Gasteiger partial charge in [-0.3, -0.25) is 9.89 Å². The molecule has 5 nitrogen and oxygen atoms in total. The molecule has 0 radical (unpaired) electrons. The summed E-state index contributed by atoms with van der Waals surface area (Å²) in [7, 11) is 4.04. The molecule has 140 valence electrons. The maximum absolute atomic E-state index is 5.80. The number of aliphatic imine (C=N–C) groups is 1. The van der Waals surface area contributed by atoms with Crippen LogP contribution in [0.2, 0.25) is 0 Å². The molecule has 1 aliphatic rings. The summed E-state index contributed by atoms with van der Waals surface area (Å²) in [4.78, 5) is 6.77. The zero-order valence-electron chi connectivity index (χ0n) is 16.2. The summed E-state index contributed by atoms with van der Waals surface area (Å²) in [6, 6.07) is 11.6. The van der Waals surface area contributed by atoms with Crippen molar-refractivity contribution in [2.45, 2.75) is 45.4 Å².